The summed E-state index contributed by atoms with van der Waals surface area (Å²) in [4.78, 5) is 20.0. The topological polar surface area (TPSA) is 100 Å². The number of hydrogen-bond donors (Lipinski definition) is 3. The van der Waals surface area contributed by atoms with Crippen molar-refractivity contribution in [1.82, 2.24) is 19.9 Å². The minimum atomic E-state index is -0.980. The number of carboxylic acid groups (broad SMARTS) is 1. The van der Waals surface area contributed by atoms with E-state index in [-0.39, 0.29) is 11.7 Å². The Morgan fingerprint density at radius 2 is 2.03 bits per heavy atom. The van der Waals surface area contributed by atoms with Crippen molar-refractivity contribution < 1.29 is 15.0 Å². The molecule has 7 nitrogen and oxygen atoms in total. The number of carboxylic acids is 1. The fourth-order valence-corrected chi connectivity index (χ4v) is 4.14. The van der Waals surface area contributed by atoms with E-state index in [1.165, 1.54) is 6.33 Å². The van der Waals surface area contributed by atoms with Crippen LogP contribution in [0.5, 0.6) is 0 Å². The molecule has 0 amide bonds. The van der Waals surface area contributed by atoms with Crippen molar-refractivity contribution in [2.75, 3.05) is 6.54 Å². The van der Waals surface area contributed by atoms with E-state index in [2.05, 4.69) is 22.2 Å². The monoisotopic (exact) mass is 464 g/mol. The SMILES string of the molecule is CC(Cc1ccc2c(c1)cc(C(=O)O)n2Cc1ccncn1)NCC(O)c1cccc(Cl)c1. The average molecular weight is 465 g/mol. The summed E-state index contributed by atoms with van der Waals surface area (Å²) in [6, 6.07) is 16.8. The second-order valence-electron chi connectivity index (χ2n) is 8.10. The standard InChI is InChI=1S/C25H25ClN4O3/c1-16(28-13-24(31)18-3-2-4-20(26)11-18)9-17-5-6-22-19(10-17)12-23(25(32)33)30(22)14-21-7-8-27-15-29-21/h2-8,10-12,15-16,24,28,31H,9,13-14H2,1H3,(H,32,33). The summed E-state index contributed by atoms with van der Waals surface area (Å²) in [6.07, 6.45) is 3.18. The van der Waals surface area contributed by atoms with Crippen LogP contribution in [0.1, 0.15) is 40.3 Å². The van der Waals surface area contributed by atoms with Crippen LogP contribution in [0, 0.1) is 0 Å². The van der Waals surface area contributed by atoms with E-state index in [0.717, 1.165) is 34.1 Å². The minimum absolute atomic E-state index is 0.110. The van der Waals surface area contributed by atoms with Gasteiger partial charge >= 0.3 is 5.97 Å². The van der Waals surface area contributed by atoms with Crippen LogP contribution in [-0.4, -0.2) is 43.3 Å². The number of benzene rings is 2. The summed E-state index contributed by atoms with van der Waals surface area (Å²) in [7, 11) is 0. The average Bonchev–Trinajstić information content (AvgIpc) is 3.16. The number of fused-ring (bicyclic) bond motifs is 1. The summed E-state index contributed by atoms with van der Waals surface area (Å²) in [5, 5.41) is 24.9. The molecule has 3 N–H and O–H groups in total. The van der Waals surface area contributed by atoms with Gasteiger partial charge in [-0.2, -0.15) is 0 Å². The van der Waals surface area contributed by atoms with Gasteiger partial charge in [0.2, 0.25) is 0 Å². The van der Waals surface area contributed by atoms with E-state index >= 15 is 0 Å². The predicted molar refractivity (Wildman–Crippen MR) is 128 cm³/mol. The zero-order chi connectivity index (χ0) is 23.4. The number of halogens is 1. The van der Waals surface area contributed by atoms with Crippen molar-refractivity contribution in [2.45, 2.75) is 32.0 Å². The lowest BCUT2D eigenvalue weighted by atomic mass is 10.0. The van der Waals surface area contributed by atoms with E-state index in [1.54, 1.807) is 35.0 Å². The Kier molecular flexibility index (Phi) is 7.03. The van der Waals surface area contributed by atoms with Gasteiger partial charge in [0, 0.05) is 34.7 Å². The first-order valence-corrected chi connectivity index (χ1v) is 11.1. The van der Waals surface area contributed by atoms with Crippen molar-refractivity contribution in [1.29, 1.82) is 0 Å². The number of aliphatic hydroxyl groups is 1. The summed E-state index contributed by atoms with van der Waals surface area (Å²) in [5.74, 6) is -0.980. The van der Waals surface area contributed by atoms with Gasteiger partial charge in [0.05, 0.1) is 18.3 Å². The van der Waals surface area contributed by atoms with Crippen molar-refractivity contribution in [3.63, 3.8) is 0 Å². The summed E-state index contributed by atoms with van der Waals surface area (Å²) in [6.45, 7) is 2.81. The normalized spacial score (nSPS) is 13.2. The molecular weight excluding hydrogens is 440 g/mol. The van der Waals surface area contributed by atoms with Crippen LogP contribution in [0.15, 0.2) is 67.1 Å². The van der Waals surface area contributed by atoms with Crippen LogP contribution < -0.4 is 5.32 Å². The minimum Gasteiger partial charge on any atom is -0.477 e. The van der Waals surface area contributed by atoms with Crippen molar-refractivity contribution >= 4 is 28.5 Å². The highest BCUT2D eigenvalue weighted by atomic mass is 35.5. The Morgan fingerprint density at radius 1 is 1.18 bits per heavy atom. The molecule has 0 saturated heterocycles. The van der Waals surface area contributed by atoms with Gasteiger partial charge in [-0.15, -0.1) is 0 Å². The lowest BCUT2D eigenvalue weighted by Gasteiger charge is -2.18. The second kappa shape index (κ2) is 10.1. The highest BCUT2D eigenvalue weighted by molar-refractivity contribution is 6.30. The first kappa shape index (κ1) is 22.9. The fourth-order valence-electron chi connectivity index (χ4n) is 3.94. The van der Waals surface area contributed by atoms with Gasteiger partial charge in [-0.3, -0.25) is 0 Å². The molecule has 0 aliphatic heterocycles. The van der Waals surface area contributed by atoms with Crippen LogP contribution in [0.2, 0.25) is 5.02 Å². The molecule has 170 valence electrons. The van der Waals surface area contributed by atoms with E-state index in [1.807, 2.05) is 30.3 Å². The molecule has 0 bridgehead atoms. The molecule has 33 heavy (non-hydrogen) atoms. The van der Waals surface area contributed by atoms with Crippen LogP contribution in [0.25, 0.3) is 10.9 Å². The number of nitrogens with one attached hydrogen (secondary N) is 1. The van der Waals surface area contributed by atoms with Crippen LogP contribution in [0.4, 0.5) is 0 Å². The van der Waals surface area contributed by atoms with E-state index in [4.69, 9.17) is 11.6 Å². The molecule has 2 heterocycles. The molecule has 0 fully saturated rings. The molecule has 0 saturated carbocycles. The molecule has 4 aromatic rings. The Bertz CT molecular complexity index is 1260. The third-order valence-corrected chi connectivity index (χ3v) is 5.82. The highest BCUT2D eigenvalue weighted by Gasteiger charge is 2.16. The van der Waals surface area contributed by atoms with Crippen LogP contribution in [-0.2, 0) is 13.0 Å². The smallest absolute Gasteiger partial charge is 0.352 e. The van der Waals surface area contributed by atoms with Gasteiger partial charge in [0.15, 0.2) is 0 Å². The molecule has 2 unspecified atom stereocenters. The van der Waals surface area contributed by atoms with E-state index in [0.29, 0.717) is 18.1 Å². The second-order valence-corrected chi connectivity index (χ2v) is 8.54. The molecule has 0 aliphatic carbocycles. The maximum absolute atomic E-state index is 11.8. The number of hydrogen-bond acceptors (Lipinski definition) is 5. The zero-order valence-electron chi connectivity index (χ0n) is 18.1. The van der Waals surface area contributed by atoms with E-state index < -0.39 is 12.1 Å². The maximum atomic E-state index is 11.8. The molecule has 2 aromatic heterocycles. The van der Waals surface area contributed by atoms with Crippen molar-refractivity contribution in [2.24, 2.45) is 0 Å². The Hall–Kier alpha value is -3.26. The van der Waals surface area contributed by atoms with Crippen LogP contribution >= 0.6 is 11.6 Å². The number of carbonyl (C=O) groups is 1. The van der Waals surface area contributed by atoms with Gasteiger partial charge in [0.25, 0.3) is 0 Å². The highest BCUT2D eigenvalue weighted by Crippen LogP contribution is 2.24. The first-order valence-electron chi connectivity index (χ1n) is 10.7. The largest absolute Gasteiger partial charge is 0.477 e. The van der Waals surface area contributed by atoms with Gasteiger partial charge in [-0.25, -0.2) is 14.8 Å². The number of nitrogens with zero attached hydrogens (tertiary/aromatic N) is 3. The lowest BCUT2D eigenvalue weighted by molar-refractivity contribution is 0.0686. The summed E-state index contributed by atoms with van der Waals surface area (Å²) in [5.41, 5.74) is 3.65. The molecule has 0 spiro atoms. The van der Waals surface area contributed by atoms with Crippen molar-refractivity contribution in [3.8, 4) is 0 Å². The van der Waals surface area contributed by atoms with Gasteiger partial charge in [0.1, 0.15) is 12.0 Å². The molecule has 2 aromatic carbocycles. The quantitative estimate of drug-likeness (QED) is 0.345. The lowest BCUT2D eigenvalue weighted by Crippen LogP contribution is -2.32. The Balaban J connectivity index is 1.47. The molecular formula is C25H25ClN4O3. The third-order valence-electron chi connectivity index (χ3n) is 5.58. The third kappa shape index (κ3) is 5.57. The predicted octanol–water partition coefficient (Wildman–Crippen LogP) is 4.09. The Morgan fingerprint density at radius 3 is 2.76 bits per heavy atom. The molecule has 0 aliphatic rings. The molecule has 8 heteroatoms. The molecule has 4 rings (SSSR count). The van der Waals surface area contributed by atoms with Crippen molar-refractivity contribution in [3.05, 3.63) is 94.7 Å². The maximum Gasteiger partial charge on any atom is 0.352 e. The molecule has 2 atom stereocenters. The number of aromatic nitrogens is 3. The van der Waals surface area contributed by atoms with Gasteiger partial charge in [-0.1, -0.05) is 29.8 Å². The number of aromatic carboxylic acids is 1. The Labute approximate surface area is 196 Å². The first-order chi connectivity index (χ1) is 15.9. The van der Waals surface area contributed by atoms with Gasteiger partial charge < -0.3 is 20.1 Å². The number of rotatable bonds is 9. The number of aliphatic hydroxyl groups excluding tert-OH is 1. The van der Waals surface area contributed by atoms with E-state index in [9.17, 15) is 15.0 Å². The molecule has 0 radical (unpaired) electrons. The fraction of sp³-hybridized carbons (Fsp3) is 0.240. The summed E-state index contributed by atoms with van der Waals surface area (Å²) < 4.78 is 1.76. The summed E-state index contributed by atoms with van der Waals surface area (Å²) >= 11 is 6.01. The van der Waals surface area contributed by atoms with Gasteiger partial charge in [-0.05, 0) is 60.9 Å². The van der Waals surface area contributed by atoms with Crippen LogP contribution in [0.3, 0.4) is 0 Å². The zero-order valence-corrected chi connectivity index (χ0v) is 18.9.